The molecule has 8 heteroatoms. The first-order valence-electron chi connectivity index (χ1n) is 4.62. The normalized spacial score (nSPS) is 10.8. The van der Waals surface area contributed by atoms with Gasteiger partial charge in [-0.3, -0.25) is 14.5 Å². The van der Waals surface area contributed by atoms with Crippen molar-refractivity contribution in [1.29, 1.82) is 0 Å². The van der Waals surface area contributed by atoms with E-state index in [0.717, 1.165) is 0 Å². The van der Waals surface area contributed by atoms with Crippen molar-refractivity contribution < 1.29 is 4.39 Å². The van der Waals surface area contributed by atoms with Crippen LogP contribution in [-0.4, -0.2) is 19.3 Å². The lowest BCUT2D eigenvalue weighted by Gasteiger charge is -2.02. The predicted octanol–water partition coefficient (Wildman–Crippen LogP) is 0.360. The Balaban J connectivity index is 2.86. The van der Waals surface area contributed by atoms with Crippen LogP contribution in [0.2, 0.25) is 5.15 Å². The fraction of sp³-hybridized carbons (Fsp3) is 0.222. The van der Waals surface area contributed by atoms with E-state index in [0.29, 0.717) is 10.3 Å². The summed E-state index contributed by atoms with van der Waals surface area (Å²) < 4.78 is 15.4. The van der Waals surface area contributed by atoms with Gasteiger partial charge in [0.05, 0.1) is 11.4 Å². The summed E-state index contributed by atoms with van der Waals surface area (Å²) >= 11 is 5.36. The van der Waals surface area contributed by atoms with Crippen molar-refractivity contribution in [2.45, 2.75) is 6.92 Å². The molecule has 2 aromatic heterocycles. The van der Waals surface area contributed by atoms with Gasteiger partial charge in [-0.25, -0.2) is 9.36 Å². The van der Waals surface area contributed by atoms with E-state index < -0.39 is 22.2 Å². The maximum Gasteiger partial charge on any atom is 0.334 e. The van der Waals surface area contributed by atoms with Gasteiger partial charge in [-0.05, 0) is 6.92 Å². The molecule has 0 aliphatic carbocycles. The highest BCUT2D eigenvalue weighted by Gasteiger charge is 2.16. The molecular formula is C9H8ClFN4O2. The Morgan fingerprint density at radius 2 is 2.12 bits per heavy atom. The molecule has 0 unspecified atom stereocenters. The molecule has 2 heterocycles. The van der Waals surface area contributed by atoms with Crippen molar-refractivity contribution >= 4 is 11.6 Å². The predicted molar refractivity (Wildman–Crippen MR) is 59.1 cm³/mol. The molecule has 0 bridgehead atoms. The molecule has 0 spiro atoms. The molecule has 2 rings (SSSR count). The highest BCUT2D eigenvalue weighted by atomic mass is 35.5. The lowest BCUT2D eigenvalue weighted by Crippen LogP contribution is -2.36. The summed E-state index contributed by atoms with van der Waals surface area (Å²) in [5.74, 6) is -1.20. The van der Waals surface area contributed by atoms with Crippen LogP contribution in [0.25, 0.3) is 5.69 Å². The number of hydrogen-bond acceptors (Lipinski definition) is 3. The Morgan fingerprint density at radius 1 is 1.47 bits per heavy atom. The van der Waals surface area contributed by atoms with Crippen LogP contribution in [0, 0.1) is 12.7 Å². The summed E-state index contributed by atoms with van der Waals surface area (Å²) in [6, 6.07) is 0. The van der Waals surface area contributed by atoms with Gasteiger partial charge in [-0.15, -0.1) is 0 Å². The van der Waals surface area contributed by atoms with Crippen LogP contribution < -0.4 is 11.2 Å². The third-order valence-electron chi connectivity index (χ3n) is 2.23. The van der Waals surface area contributed by atoms with Gasteiger partial charge < -0.3 is 0 Å². The summed E-state index contributed by atoms with van der Waals surface area (Å²) in [4.78, 5) is 25.3. The molecule has 0 saturated carbocycles. The topological polar surface area (TPSA) is 72.7 Å². The molecule has 6 nitrogen and oxygen atoms in total. The molecule has 17 heavy (non-hydrogen) atoms. The zero-order valence-electron chi connectivity index (χ0n) is 8.99. The van der Waals surface area contributed by atoms with Crippen LogP contribution in [0.1, 0.15) is 5.69 Å². The van der Waals surface area contributed by atoms with Crippen LogP contribution in [0.3, 0.4) is 0 Å². The number of hydrogen-bond donors (Lipinski definition) is 1. The molecule has 90 valence electrons. The first kappa shape index (κ1) is 11.6. The highest BCUT2D eigenvalue weighted by Crippen LogP contribution is 2.09. The summed E-state index contributed by atoms with van der Waals surface area (Å²) in [6.45, 7) is 1.60. The molecule has 2 aromatic rings. The smallest absolute Gasteiger partial charge is 0.295 e. The standard InChI is InChI=1S/C9H8ClFN4O2/c1-4-5(3-14(2)13-4)15-8(16)6(11)7(10)12-9(15)17/h3H,1-2H3,(H,12,17). The van der Waals surface area contributed by atoms with Crippen molar-refractivity contribution in [3.63, 3.8) is 0 Å². The maximum absolute atomic E-state index is 13.3. The van der Waals surface area contributed by atoms with Crippen molar-refractivity contribution in [3.8, 4) is 5.69 Å². The van der Waals surface area contributed by atoms with Gasteiger partial charge in [0.15, 0.2) is 5.15 Å². The third-order valence-corrected chi connectivity index (χ3v) is 2.49. The summed E-state index contributed by atoms with van der Waals surface area (Å²) in [7, 11) is 1.63. The van der Waals surface area contributed by atoms with E-state index in [2.05, 4.69) is 5.10 Å². The molecule has 0 aliphatic heterocycles. The SMILES string of the molecule is Cc1nn(C)cc1-n1c(=O)[nH]c(Cl)c(F)c1=O. The lowest BCUT2D eigenvalue weighted by atomic mass is 10.4. The second kappa shape index (κ2) is 3.85. The minimum Gasteiger partial charge on any atom is -0.295 e. The largest absolute Gasteiger partial charge is 0.334 e. The molecule has 0 atom stereocenters. The maximum atomic E-state index is 13.3. The van der Waals surface area contributed by atoms with Crippen LogP contribution in [0.4, 0.5) is 4.39 Å². The van der Waals surface area contributed by atoms with E-state index in [-0.39, 0.29) is 5.69 Å². The lowest BCUT2D eigenvalue weighted by molar-refractivity contribution is 0.584. The summed E-state index contributed by atoms with van der Waals surface area (Å²) in [5.41, 5.74) is -1.26. The van der Waals surface area contributed by atoms with E-state index in [4.69, 9.17) is 11.6 Å². The number of nitrogens with zero attached hydrogens (tertiary/aromatic N) is 3. The Hall–Kier alpha value is -1.89. The monoisotopic (exact) mass is 258 g/mol. The number of halogens is 2. The van der Waals surface area contributed by atoms with Gasteiger partial charge in [0.2, 0.25) is 5.82 Å². The van der Waals surface area contributed by atoms with Gasteiger partial charge in [-0.1, -0.05) is 11.6 Å². The average molecular weight is 259 g/mol. The Morgan fingerprint density at radius 3 is 2.65 bits per heavy atom. The number of aryl methyl sites for hydroxylation is 2. The quantitative estimate of drug-likeness (QED) is 0.751. The molecule has 0 aliphatic rings. The first-order chi connectivity index (χ1) is 7.91. The fourth-order valence-corrected chi connectivity index (χ4v) is 1.68. The van der Waals surface area contributed by atoms with E-state index in [1.807, 2.05) is 4.98 Å². The zero-order chi connectivity index (χ0) is 12.7. The molecule has 0 amide bonds. The van der Waals surface area contributed by atoms with Gasteiger partial charge >= 0.3 is 5.69 Å². The molecular weight excluding hydrogens is 251 g/mol. The summed E-state index contributed by atoms with van der Waals surface area (Å²) in [5, 5.41) is 3.37. The van der Waals surface area contributed by atoms with Crippen LogP contribution in [-0.2, 0) is 7.05 Å². The number of aromatic nitrogens is 4. The van der Waals surface area contributed by atoms with Crippen molar-refractivity contribution in [2.24, 2.45) is 7.05 Å². The van der Waals surface area contributed by atoms with E-state index in [9.17, 15) is 14.0 Å². The number of nitrogens with one attached hydrogen (secondary N) is 1. The summed E-state index contributed by atoms with van der Waals surface area (Å²) in [6.07, 6.45) is 1.44. The van der Waals surface area contributed by atoms with E-state index in [1.165, 1.54) is 10.9 Å². The number of rotatable bonds is 1. The first-order valence-corrected chi connectivity index (χ1v) is 5.00. The van der Waals surface area contributed by atoms with Crippen LogP contribution in [0.5, 0.6) is 0 Å². The number of aromatic amines is 1. The molecule has 0 fully saturated rings. The van der Waals surface area contributed by atoms with Crippen molar-refractivity contribution in [2.75, 3.05) is 0 Å². The van der Waals surface area contributed by atoms with Crippen LogP contribution >= 0.6 is 11.6 Å². The van der Waals surface area contributed by atoms with E-state index >= 15 is 0 Å². The zero-order valence-corrected chi connectivity index (χ0v) is 9.75. The second-order valence-electron chi connectivity index (χ2n) is 3.47. The van der Waals surface area contributed by atoms with Crippen LogP contribution in [0.15, 0.2) is 15.8 Å². The Labute approximate surface area is 99.3 Å². The van der Waals surface area contributed by atoms with Gasteiger partial charge in [0.25, 0.3) is 5.56 Å². The second-order valence-corrected chi connectivity index (χ2v) is 3.85. The van der Waals surface area contributed by atoms with Gasteiger partial charge in [-0.2, -0.15) is 9.49 Å². The van der Waals surface area contributed by atoms with E-state index in [1.54, 1.807) is 14.0 Å². The molecule has 0 aromatic carbocycles. The minimum absolute atomic E-state index is 0.217. The number of H-pyrrole nitrogens is 1. The molecule has 1 N–H and O–H groups in total. The average Bonchev–Trinajstić information content (AvgIpc) is 2.55. The Bertz CT molecular complexity index is 700. The fourth-order valence-electron chi connectivity index (χ4n) is 1.51. The van der Waals surface area contributed by atoms with Crippen molar-refractivity contribution in [3.05, 3.63) is 43.7 Å². The van der Waals surface area contributed by atoms with Crippen molar-refractivity contribution in [1.82, 2.24) is 19.3 Å². The third kappa shape index (κ3) is 1.78. The highest BCUT2D eigenvalue weighted by molar-refractivity contribution is 6.29. The van der Waals surface area contributed by atoms with Gasteiger partial charge in [0, 0.05) is 13.2 Å². The molecule has 0 saturated heterocycles. The Kier molecular flexibility index (Phi) is 2.62. The minimum atomic E-state index is -1.20. The van der Waals surface area contributed by atoms with Gasteiger partial charge in [0.1, 0.15) is 0 Å². The molecule has 0 radical (unpaired) electrons.